The maximum atomic E-state index is 12.7. The van der Waals surface area contributed by atoms with E-state index in [0.717, 1.165) is 5.56 Å². The Morgan fingerprint density at radius 2 is 2.14 bits per heavy atom. The molecule has 3 rings (SSSR count). The van der Waals surface area contributed by atoms with Crippen molar-refractivity contribution in [1.82, 2.24) is 10.2 Å². The van der Waals surface area contributed by atoms with Crippen molar-refractivity contribution in [3.05, 3.63) is 58.5 Å². The summed E-state index contributed by atoms with van der Waals surface area (Å²) in [5.41, 5.74) is 1.35. The van der Waals surface area contributed by atoms with Gasteiger partial charge in [-0.3, -0.25) is 9.59 Å². The molecule has 1 aromatic heterocycles. The Morgan fingerprint density at radius 3 is 2.82 bits per heavy atom. The summed E-state index contributed by atoms with van der Waals surface area (Å²) in [5, 5.41) is 3.24. The fourth-order valence-electron chi connectivity index (χ4n) is 2.61. The fraction of sp³-hybridized carbons (Fsp3) is 0.250. The van der Waals surface area contributed by atoms with Crippen molar-refractivity contribution in [3.63, 3.8) is 0 Å². The van der Waals surface area contributed by atoms with Crippen LogP contribution in [-0.2, 0) is 4.79 Å². The normalized spacial score (nSPS) is 18.2. The lowest BCUT2D eigenvalue weighted by Crippen LogP contribution is -2.52. The molecule has 22 heavy (non-hydrogen) atoms. The highest BCUT2D eigenvalue weighted by Gasteiger charge is 2.37. The number of amides is 2. The first-order valence-electron chi connectivity index (χ1n) is 6.97. The zero-order valence-electron chi connectivity index (χ0n) is 12.0. The van der Waals surface area contributed by atoms with Crippen LogP contribution < -0.4 is 5.32 Å². The van der Waals surface area contributed by atoms with Crippen LogP contribution in [0, 0.1) is 6.92 Å². The zero-order valence-corrected chi connectivity index (χ0v) is 12.8. The van der Waals surface area contributed by atoms with Crippen LogP contribution in [0.5, 0.6) is 0 Å². The van der Waals surface area contributed by atoms with Gasteiger partial charge in [-0.25, -0.2) is 0 Å². The molecule has 1 atom stereocenters. The van der Waals surface area contributed by atoms with Crippen LogP contribution in [0.2, 0.25) is 5.02 Å². The monoisotopic (exact) mass is 318 g/mol. The summed E-state index contributed by atoms with van der Waals surface area (Å²) in [5.74, 6) is -0.286. The molecule has 0 bridgehead atoms. The number of benzene rings is 1. The second-order valence-electron chi connectivity index (χ2n) is 5.15. The summed E-state index contributed by atoms with van der Waals surface area (Å²) in [6, 6.07) is 8.02. The Kier molecular flexibility index (Phi) is 3.90. The summed E-state index contributed by atoms with van der Waals surface area (Å²) < 4.78 is 5.27. The van der Waals surface area contributed by atoms with E-state index in [4.69, 9.17) is 16.0 Å². The van der Waals surface area contributed by atoms with E-state index in [-0.39, 0.29) is 17.6 Å². The van der Waals surface area contributed by atoms with Crippen LogP contribution in [-0.4, -0.2) is 29.8 Å². The topological polar surface area (TPSA) is 62.6 Å². The molecule has 114 valence electrons. The minimum absolute atomic E-state index is 0.239. The Bertz CT molecular complexity index is 726. The molecule has 5 nitrogen and oxygen atoms in total. The second-order valence-corrected chi connectivity index (χ2v) is 5.55. The molecular formula is C16H15ClN2O3. The smallest absolute Gasteiger partial charge is 0.290 e. The predicted octanol–water partition coefficient (Wildman–Crippen LogP) is 2.55. The van der Waals surface area contributed by atoms with E-state index < -0.39 is 6.04 Å². The maximum absolute atomic E-state index is 12.7. The number of hydrogen-bond donors (Lipinski definition) is 1. The van der Waals surface area contributed by atoms with Crippen molar-refractivity contribution in [2.45, 2.75) is 13.0 Å². The lowest BCUT2D eigenvalue weighted by Gasteiger charge is -2.35. The molecule has 1 unspecified atom stereocenters. The van der Waals surface area contributed by atoms with Crippen molar-refractivity contribution < 1.29 is 14.0 Å². The fourth-order valence-corrected chi connectivity index (χ4v) is 2.85. The molecule has 1 N–H and O–H groups in total. The number of aryl methyl sites for hydroxylation is 1. The summed E-state index contributed by atoms with van der Waals surface area (Å²) >= 11 is 6.21. The quantitative estimate of drug-likeness (QED) is 0.925. The Morgan fingerprint density at radius 1 is 1.36 bits per heavy atom. The number of carbonyl (C=O) groups excluding carboxylic acids is 2. The SMILES string of the molecule is Cc1ccoc1C(=O)N1CCNC(=O)C1c1ccccc1Cl. The molecule has 0 spiro atoms. The van der Waals surface area contributed by atoms with Crippen molar-refractivity contribution in [2.75, 3.05) is 13.1 Å². The van der Waals surface area contributed by atoms with Gasteiger partial charge >= 0.3 is 0 Å². The lowest BCUT2D eigenvalue weighted by molar-refractivity contribution is -0.128. The van der Waals surface area contributed by atoms with Crippen LogP contribution in [0.15, 0.2) is 41.0 Å². The van der Waals surface area contributed by atoms with Crippen LogP contribution in [0.25, 0.3) is 0 Å². The van der Waals surface area contributed by atoms with Gasteiger partial charge in [-0.2, -0.15) is 0 Å². The average molecular weight is 319 g/mol. The van der Waals surface area contributed by atoms with E-state index in [9.17, 15) is 9.59 Å². The Hall–Kier alpha value is -2.27. The van der Waals surface area contributed by atoms with Gasteiger partial charge in [0.05, 0.1) is 6.26 Å². The van der Waals surface area contributed by atoms with E-state index in [1.54, 1.807) is 37.3 Å². The molecule has 1 saturated heterocycles. The van der Waals surface area contributed by atoms with Crippen molar-refractivity contribution in [1.29, 1.82) is 0 Å². The minimum atomic E-state index is -0.751. The van der Waals surface area contributed by atoms with E-state index in [1.165, 1.54) is 11.2 Å². The van der Waals surface area contributed by atoms with Crippen LogP contribution in [0.4, 0.5) is 0 Å². The zero-order chi connectivity index (χ0) is 15.7. The van der Waals surface area contributed by atoms with Gasteiger partial charge in [0.1, 0.15) is 6.04 Å². The molecule has 1 aromatic carbocycles. The number of carbonyl (C=O) groups is 2. The van der Waals surface area contributed by atoms with Gasteiger partial charge < -0.3 is 14.6 Å². The van der Waals surface area contributed by atoms with Gasteiger partial charge in [0.15, 0.2) is 5.76 Å². The van der Waals surface area contributed by atoms with Crippen molar-refractivity contribution >= 4 is 23.4 Å². The molecule has 6 heteroatoms. The number of halogens is 1. The van der Waals surface area contributed by atoms with Gasteiger partial charge in [-0.1, -0.05) is 29.8 Å². The molecular weight excluding hydrogens is 304 g/mol. The van der Waals surface area contributed by atoms with Crippen molar-refractivity contribution in [2.24, 2.45) is 0 Å². The molecule has 1 fully saturated rings. The first-order valence-corrected chi connectivity index (χ1v) is 7.34. The van der Waals surface area contributed by atoms with Gasteiger partial charge in [0.25, 0.3) is 5.91 Å². The van der Waals surface area contributed by atoms with E-state index >= 15 is 0 Å². The van der Waals surface area contributed by atoms with E-state index in [2.05, 4.69) is 5.32 Å². The number of rotatable bonds is 2. The lowest BCUT2D eigenvalue weighted by atomic mass is 10.0. The highest BCUT2D eigenvalue weighted by molar-refractivity contribution is 6.31. The number of piperazine rings is 1. The molecule has 2 amide bonds. The first kappa shape index (κ1) is 14.7. The van der Waals surface area contributed by atoms with Crippen LogP contribution in [0.1, 0.15) is 27.7 Å². The van der Waals surface area contributed by atoms with Crippen molar-refractivity contribution in [3.8, 4) is 0 Å². The van der Waals surface area contributed by atoms with Gasteiger partial charge in [0, 0.05) is 29.2 Å². The summed E-state index contributed by atoms with van der Waals surface area (Å²) in [6.07, 6.45) is 1.47. The Labute approximate surface area is 132 Å². The number of nitrogens with zero attached hydrogens (tertiary/aromatic N) is 1. The third-order valence-corrected chi connectivity index (χ3v) is 4.07. The third-order valence-electron chi connectivity index (χ3n) is 3.73. The first-order chi connectivity index (χ1) is 10.6. The van der Waals surface area contributed by atoms with Crippen LogP contribution >= 0.6 is 11.6 Å². The Balaban J connectivity index is 2.01. The summed E-state index contributed by atoms with van der Waals surface area (Å²) in [4.78, 5) is 26.6. The highest BCUT2D eigenvalue weighted by atomic mass is 35.5. The number of hydrogen-bond acceptors (Lipinski definition) is 3. The van der Waals surface area contributed by atoms with Gasteiger partial charge in [0.2, 0.25) is 5.91 Å². The molecule has 0 radical (unpaired) electrons. The van der Waals surface area contributed by atoms with Crippen LogP contribution in [0.3, 0.4) is 0 Å². The molecule has 0 saturated carbocycles. The minimum Gasteiger partial charge on any atom is -0.459 e. The van der Waals surface area contributed by atoms with Gasteiger partial charge in [-0.05, 0) is 19.1 Å². The third kappa shape index (κ3) is 2.48. The standard InChI is InChI=1S/C16H15ClN2O3/c1-10-6-9-22-14(10)16(21)19-8-7-18-15(20)13(19)11-4-2-3-5-12(11)17/h2-6,9,13H,7-8H2,1H3,(H,18,20). The highest BCUT2D eigenvalue weighted by Crippen LogP contribution is 2.30. The number of nitrogens with one attached hydrogen (secondary N) is 1. The molecule has 1 aliphatic rings. The largest absolute Gasteiger partial charge is 0.459 e. The molecule has 1 aliphatic heterocycles. The predicted molar refractivity (Wildman–Crippen MR) is 81.7 cm³/mol. The summed E-state index contributed by atoms with van der Waals surface area (Å²) in [6.45, 7) is 2.61. The average Bonchev–Trinajstić information content (AvgIpc) is 2.93. The maximum Gasteiger partial charge on any atom is 0.290 e. The van der Waals surface area contributed by atoms with Gasteiger partial charge in [-0.15, -0.1) is 0 Å². The molecule has 0 aliphatic carbocycles. The van der Waals surface area contributed by atoms with E-state index in [1.807, 2.05) is 0 Å². The summed E-state index contributed by atoms with van der Waals surface area (Å²) in [7, 11) is 0. The molecule has 2 heterocycles. The number of furan rings is 1. The van der Waals surface area contributed by atoms with E-state index in [0.29, 0.717) is 23.7 Å². The molecule has 2 aromatic rings. The second kappa shape index (κ2) is 5.85.